The molecule has 0 bridgehead atoms. The number of aromatic nitrogens is 2. The van der Waals surface area contributed by atoms with Gasteiger partial charge in [0.1, 0.15) is 5.01 Å². The SMILES string of the molecule is CNC(Cc1nc(C)cs1)c1nc2ccccc2s1. The molecule has 1 N–H and O–H groups in total. The van der Waals surface area contributed by atoms with E-state index in [1.54, 1.807) is 22.7 Å². The highest BCUT2D eigenvalue weighted by Crippen LogP contribution is 2.28. The van der Waals surface area contributed by atoms with Crippen molar-refractivity contribution < 1.29 is 0 Å². The Morgan fingerprint density at radius 3 is 2.79 bits per heavy atom. The number of nitrogens with one attached hydrogen (secondary N) is 1. The molecule has 2 heterocycles. The highest BCUT2D eigenvalue weighted by molar-refractivity contribution is 7.18. The van der Waals surface area contributed by atoms with E-state index in [9.17, 15) is 0 Å². The van der Waals surface area contributed by atoms with E-state index in [1.807, 2.05) is 20.0 Å². The van der Waals surface area contributed by atoms with Crippen molar-refractivity contribution in [3.05, 3.63) is 45.4 Å². The standard InChI is InChI=1S/C14H15N3S2/c1-9-8-18-13(16-9)7-11(15-2)14-17-10-5-3-4-6-12(10)19-14/h3-6,8,11,15H,7H2,1-2H3. The van der Waals surface area contributed by atoms with E-state index in [0.717, 1.165) is 27.6 Å². The molecule has 0 spiro atoms. The molecule has 3 rings (SSSR count). The van der Waals surface area contributed by atoms with Crippen molar-refractivity contribution in [1.82, 2.24) is 15.3 Å². The second kappa shape index (κ2) is 5.36. The van der Waals surface area contributed by atoms with Crippen LogP contribution >= 0.6 is 22.7 Å². The molecule has 0 aliphatic rings. The fourth-order valence-electron chi connectivity index (χ4n) is 2.02. The quantitative estimate of drug-likeness (QED) is 0.798. The number of fused-ring (bicyclic) bond motifs is 1. The van der Waals surface area contributed by atoms with Crippen LogP contribution < -0.4 is 5.32 Å². The molecule has 0 aliphatic heterocycles. The maximum absolute atomic E-state index is 4.72. The molecule has 1 aromatic carbocycles. The van der Waals surface area contributed by atoms with Crippen molar-refractivity contribution in [1.29, 1.82) is 0 Å². The van der Waals surface area contributed by atoms with Gasteiger partial charge in [-0.15, -0.1) is 22.7 Å². The first-order valence-electron chi connectivity index (χ1n) is 6.20. The van der Waals surface area contributed by atoms with Crippen LogP contribution in [0.15, 0.2) is 29.6 Å². The van der Waals surface area contributed by atoms with Gasteiger partial charge in [-0.25, -0.2) is 9.97 Å². The van der Waals surface area contributed by atoms with Crippen LogP contribution in [0.25, 0.3) is 10.2 Å². The zero-order chi connectivity index (χ0) is 13.2. The van der Waals surface area contributed by atoms with Crippen molar-refractivity contribution in [3.8, 4) is 0 Å². The Morgan fingerprint density at radius 1 is 1.26 bits per heavy atom. The first-order chi connectivity index (χ1) is 9.26. The fourth-order valence-corrected chi connectivity index (χ4v) is 3.92. The zero-order valence-electron chi connectivity index (χ0n) is 10.9. The second-order valence-electron chi connectivity index (χ2n) is 4.45. The summed E-state index contributed by atoms with van der Waals surface area (Å²) in [6.45, 7) is 2.03. The van der Waals surface area contributed by atoms with E-state index in [0.29, 0.717) is 0 Å². The van der Waals surface area contributed by atoms with Crippen LogP contribution in [0.3, 0.4) is 0 Å². The fraction of sp³-hybridized carbons (Fsp3) is 0.286. The second-order valence-corrected chi connectivity index (χ2v) is 6.45. The third-order valence-electron chi connectivity index (χ3n) is 3.00. The summed E-state index contributed by atoms with van der Waals surface area (Å²) in [5, 5.41) is 7.75. The molecular formula is C14H15N3S2. The smallest absolute Gasteiger partial charge is 0.111 e. The number of rotatable bonds is 4. The van der Waals surface area contributed by atoms with Gasteiger partial charge in [-0.1, -0.05) is 12.1 Å². The molecule has 3 nitrogen and oxygen atoms in total. The number of aryl methyl sites for hydroxylation is 1. The summed E-state index contributed by atoms with van der Waals surface area (Å²) in [4.78, 5) is 9.25. The maximum atomic E-state index is 4.72. The summed E-state index contributed by atoms with van der Waals surface area (Å²) < 4.78 is 1.24. The van der Waals surface area contributed by atoms with Crippen LogP contribution in [-0.4, -0.2) is 17.0 Å². The van der Waals surface area contributed by atoms with Gasteiger partial charge < -0.3 is 5.32 Å². The van der Waals surface area contributed by atoms with E-state index in [1.165, 1.54) is 4.70 Å². The molecule has 1 unspecified atom stereocenters. The first kappa shape index (κ1) is 12.7. The van der Waals surface area contributed by atoms with E-state index in [2.05, 4.69) is 33.9 Å². The summed E-state index contributed by atoms with van der Waals surface area (Å²) in [5.41, 5.74) is 2.18. The van der Waals surface area contributed by atoms with Gasteiger partial charge in [-0.2, -0.15) is 0 Å². The molecular weight excluding hydrogens is 274 g/mol. The first-order valence-corrected chi connectivity index (χ1v) is 7.89. The van der Waals surface area contributed by atoms with Gasteiger partial charge in [0.15, 0.2) is 0 Å². The molecule has 98 valence electrons. The topological polar surface area (TPSA) is 37.8 Å². The van der Waals surface area contributed by atoms with Crippen LogP contribution in [0.5, 0.6) is 0 Å². The van der Waals surface area contributed by atoms with Gasteiger partial charge in [-0.05, 0) is 26.1 Å². The molecule has 0 saturated carbocycles. The van der Waals surface area contributed by atoms with Crippen LogP contribution in [0.1, 0.15) is 21.8 Å². The number of benzene rings is 1. The molecule has 0 fully saturated rings. The van der Waals surface area contributed by atoms with Crippen LogP contribution in [0, 0.1) is 6.92 Å². The van der Waals surface area contributed by atoms with Gasteiger partial charge in [0.25, 0.3) is 0 Å². The lowest BCUT2D eigenvalue weighted by atomic mass is 10.2. The summed E-state index contributed by atoms with van der Waals surface area (Å²) in [6.07, 6.45) is 0.898. The van der Waals surface area contributed by atoms with E-state index >= 15 is 0 Å². The minimum Gasteiger partial charge on any atom is -0.311 e. The summed E-state index contributed by atoms with van der Waals surface area (Å²) in [6, 6.07) is 8.52. The maximum Gasteiger partial charge on any atom is 0.111 e. The lowest BCUT2D eigenvalue weighted by Crippen LogP contribution is -2.18. The van der Waals surface area contributed by atoms with Crippen LogP contribution in [0.4, 0.5) is 0 Å². The molecule has 0 radical (unpaired) electrons. The number of thiazole rings is 2. The van der Waals surface area contributed by atoms with Crippen molar-refractivity contribution in [2.24, 2.45) is 0 Å². The van der Waals surface area contributed by atoms with E-state index in [-0.39, 0.29) is 6.04 Å². The Morgan fingerprint density at radius 2 is 2.11 bits per heavy atom. The molecule has 2 aromatic heterocycles. The summed E-state index contributed by atoms with van der Waals surface area (Å²) in [5.74, 6) is 0. The average Bonchev–Trinajstić information content (AvgIpc) is 3.01. The van der Waals surface area contributed by atoms with Gasteiger partial charge in [-0.3, -0.25) is 0 Å². The van der Waals surface area contributed by atoms with Crippen LogP contribution in [-0.2, 0) is 6.42 Å². The van der Waals surface area contributed by atoms with Gasteiger partial charge >= 0.3 is 0 Å². The Hall–Kier alpha value is -1.30. The number of hydrogen-bond donors (Lipinski definition) is 1. The summed E-state index contributed by atoms with van der Waals surface area (Å²) >= 11 is 3.48. The normalized spacial score (nSPS) is 12.9. The zero-order valence-corrected chi connectivity index (χ0v) is 12.5. The van der Waals surface area contributed by atoms with E-state index < -0.39 is 0 Å². The van der Waals surface area contributed by atoms with E-state index in [4.69, 9.17) is 4.98 Å². The summed E-state index contributed by atoms with van der Waals surface area (Å²) in [7, 11) is 1.98. The van der Waals surface area contributed by atoms with Gasteiger partial charge in [0.05, 0.1) is 21.3 Å². The number of para-hydroxylation sites is 1. The molecule has 3 aromatic rings. The molecule has 5 heteroatoms. The third-order valence-corrected chi connectivity index (χ3v) is 5.14. The minimum absolute atomic E-state index is 0.239. The Bertz CT molecular complexity index is 654. The minimum atomic E-state index is 0.239. The van der Waals surface area contributed by atoms with Crippen molar-refractivity contribution in [3.63, 3.8) is 0 Å². The molecule has 0 amide bonds. The van der Waals surface area contributed by atoms with Crippen molar-refractivity contribution in [2.45, 2.75) is 19.4 Å². The number of hydrogen-bond acceptors (Lipinski definition) is 5. The average molecular weight is 289 g/mol. The van der Waals surface area contributed by atoms with Crippen molar-refractivity contribution >= 4 is 32.9 Å². The molecule has 1 atom stereocenters. The lowest BCUT2D eigenvalue weighted by molar-refractivity contribution is 0.587. The number of nitrogens with zero attached hydrogens (tertiary/aromatic N) is 2. The Labute approximate surface area is 120 Å². The predicted molar refractivity (Wildman–Crippen MR) is 82.0 cm³/mol. The van der Waals surface area contributed by atoms with Gasteiger partial charge in [0.2, 0.25) is 0 Å². The lowest BCUT2D eigenvalue weighted by Gasteiger charge is -2.11. The highest BCUT2D eigenvalue weighted by atomic mass is 32.1. The third kappa shape index (κ3) is 2.68. The Kier molecular flexibility index (Phi) is 3.59. The molecule has 19 heavy (non-hydrogen) atoms. The predicted octanol–water partition coefficient (Wildman–Crippen LogP) is 3.56. The monoisotopic (exact) mass is 289 g/mol. The highest BCUT2D eigenvalue weighted by Gasteiger charge is 2.16. The van der Waals surface area contributed by atoms with Crippen LogP contribution in [0.2, 0.25) is 0 Å². The molecule has 0 saturated heterocycles. The molecule has 0 aliphatic carbocycles. The Balaban J connectivity index is 1.88. The largest absolute Gasteiger partial charge is 0.311 e. The van der Waals surface area contributed by atoms with Gasteiger partial charge in [0, 0.05) is 17.5 Å². The number of likely N-dealkylation sites (N-methyl/N-ethyl adjacent to an activating group) is 1. The van der Waals surface area contributed by atoms with Crippen molar-refractivity contribution in [2.75, 3.05) is 7.05 Å².